The number of alkyl halides is 3. The zero-order valence-corrected chi connectivity index (χ0v) is 12.4. The second-order valence-corrected chi connectivity index (χ2v) is 5.00. The van der Waals surface area contributed by atoms with Crippen LogP contribution in [-0.4, -0.2) is 21.7 Å². The number of pyridine rings is 1. The average molecular weight is 346 g/mol. The number of amides is 1. The highest BCUT2D eigenvalue weighted by Crippen LogP contribution is 2.32. The summed E-state index contributed by atoms with van der Waals surface area (Å²) in [5, 5.41) is 2.03. The fourth-order valence-electron chi connectivity index (χ4n) is 1.84. The van der Waals surface area contributed by atoms with Gasteiger partial charge >= 0.3 is 6.18 Å². The fraction of sp³-hybridized carbons (Fsp3) is 0.214. The maximum Gasteiger partial charge on any atom is 0.417 e. The van der Waals surface area contributed by atoms with Crippen molar-refractivity contribution in [1.29, 1.82) is 0 Å². The van der Waals surface area contributed by atoms with Gasteiger partial charge in [-0.25, -0.2) is 4.98 Å². The number of aryl methyl sites for hydroxylation is 1. The number of hydrogen-bond acceptors (Lipinski definition) is 3. The smallest absolute Gasteiger partial charge is 0.345 e. The van der Waals surface area contributed by atoms with E-state index in [1.807, 2.05) is 0 Å². The quantitative estimate of drug-likeness (QED) is 0.845. The Labute approximate surface area is 134 Å². The third-order valence-corrected chi connectivity index (χ3v) is 3.28. The largest absolute Gasteiger partial charge is 0.417 e. The summed E-state index contributed by atoms with van der Waals surface area (Å²) in [5.74, 6) is -0.627. The number of carbonyl (C=O) groups is 2. The highest BCUT2D eigenvalue weighted by atomic mass is 35.5. The molecule has 2 heterocycles. The van der Waals surface area contributed by atoms with Gasteiger partial charge in [0.05, 0.1) is 16.3 Å². The van der Waals surface area contributed by atoms with E-state index in [1.54, 1.807) is 22.9 Å². The summed E-state index contributed by atoms with van der Waals surface area (Å²) in [4.78, 5) is 26.1. The maximum atomic E-state index is 12.5. The zero-order chi connectivity index (χ0) is 17.0. The van der Waals surface area contributed by atoms with Crippen molar-refractivity contribution in [3.8, 4) is 0 Å². The Balaban J connectivity index is 1.99. The molecule has 0 aliphatic heterocycles. The van der Waals surface area contributed by atoms with Crippen LogP contribution in [0.2, 0.25) is 5.02 Å². The molecule has 0 atom stereocenters. The fourth-order valence-corrected chi connectivity index (χ4v) is 2.05. The monoisotopic (exact) mass is 345 g/mol. The molecule has 1 amide bonds. The summed E-state index contributed by atoms with van der Waals surface area (Å²) in [7, 11) is 0. The Bertz CT molecular complexity index is 728. The molecule has 0 radical (unpaired) electrons. The number of aromatic nitrogens is 2. The number of rotatable bonds is 5. The van der Waals surface area contributed by atoms with Gasteiger partial charge in [0.25, 0.3) is 0 Å². The van der Waals surface area contributed by atoms with Gasteiger partial charge in [0.2, 0.25) is 5.91 Å². The van der Waals surface area contributed by atoms with E-state index in [-0.39, 0.29) is 23.8 Å². The van der Waals surface area contributed by atoms with Crippen molar-refractivity contribution in [2.24, 2.45) is 0 Å². The van der Waals surface area contributed by atoms with Crippen LogP contribution in [0, 0.1) is 0 Å². The van der Waals surface area contributed by atoms with E-state index in [9.17, 15) is 22.8 Å². The van der Waals surface area contributed by atoms with Crippen molar-refractivity contribution in [2.45, 2.75) is 19.1 Å². The number of carbonyl (C=O) groups excluding carboxylic acids is 2. The molecule has 0 aliphatic rings. The van der Waals surface area contributed by atoms with Crippen molar-refractivity contribution < 1.29 is 22.8 Å². The molecule has 0 spiro atoms. The van der Waals surface area contributed by atoms with E-state index in [0.29, 0.717) is 24.2 Å². The number of anilines is 1. The molecule has 2 aromatic heterocycles. The van der Waals surface area contributed by atoms with Crippen molar-refractivity contribution in [3.63, 3.8) is 0 Å². The first-order valence-corrected chi connectivity index (χ1v) is 6.82. The molecule has 0 aliphatic carbocycles. The van der Waals surface area contributed by atoms with E-state index in [4.69, 9.17) is 11.6 Å². The summed E-state index contributed by atoms with van der Waals surface area (Å²) < 4.78 is 39.1. The Morgan fingerprint density at radius 1 is 1.43 bits per heavy atom. The minimum atomic E-state index is -4.56. The van der Waals surface area contributed by atoms with E-state index in [2.05, 4.69) is 10.3 Å². The van der Waals surface area contributed by atoms with E-state index >= 15 is 0 Å². The Morgan fingerprint density at radius 2 is 2.17 bits per heavy atom. The first-order chi connectivity index (χ1) is 10.8. The summed E-state index contributed by atoms with van der Waals surface area (Å²) in [6.07, 6.45) is -1.65. The first kappa shape index (κ1) is 17.0. The van der Waals surface area contributed by atoms with Gasteiger partial charge in [-0.3, -0.25) is 9.59 Å². The van der Waals surface area contributed by atoms with Crippen LogP contribution in [0.3, 0.4) is 0 Å². The van der Waals surface area contributed by atoms with Gasteiger partial charge in [-0.05, 0) is 18.2 Å². The summed E-state index contributed by atoms with van der Waals surface area (Å²) in [6.45, 7) is 0.241. The number of hydrogen-bond donors (Lipinski definition) is 1. The van der Waals surface area contributed by atoms with Crippen LogP contribution in [0.4, 0.5) is 19.0 Å². The molecule has 0 bridgehead atoms. The van der Waals surface area contributed by atoms with E-state index < -0.39 is 17.6 Å². The highest BCUT2D eigenvalue weighted by Gasteiger charge is 2.31. The van der Waals surface area contributed by atoms with Gasteiger partial charge < -0.3 is 9.88 Å². The lowest BCUT2D eigenvalue weighted by Crippen LogP contribution is -2.16. The van der Waals surface area contributed by atoms with E-state index in [0.717, 1.165) is 0 Å². The Morgan fingerprint density at radius 3 is 2.78 bits per heavy atom. The van der Waals surface area contributed by atoms with Gasteiger partial charge in [-0.15, -0.1) is 0 Å². The normalized spacial score (nSPS) is 11.3. The van der Waals surface area contributed by atoms with Crippen LogP contribution in [0.25, 0.3) is 0 Å². The molecule has 0 aromatic carbocycles. The van der Waals surface area contributed by atoms with Gasteiger partial charge in [0.15, 0.2) is 12.1 Å². The molecule has 1 N–H and O–H groups in total. The highest BCUT2D eigenvalue weighted by molar-refractivity contribution is 6.33. The molecule has 0 unspecified atom stereocenters. The van der Waals surface area contributed by atoms with E-state index in [1.165, 1.54) is 0 Å². The van der Waals surface area contributed by atoms with Crippen molar-refractivity contribution in [3.05, 3.63) is 46.9 Å². The SMILES string of the molecule is O=Cc1cccn1CCC(=O)Nc1ncc(C(F)(F)F)cc1Cl. The molecule has 9 heteroatoms. The molecular formula is C14H11ClF3N3O2. The van der Waals surface area contributed by atoms with Gasteiger partial charge in [-0.1, -0.05) is 11.6 Å². The van der Waals surface area contributed by atoms with Crippen LogP contribution in [0.5, 0.6) is 0 Å². The Hall–Kier alpha value is -2.35. The maximum absolute atomic E-state index is 12.5. The molecule has 23 heavy (non-hydrogen) atoms. The third-order valence-electron chi connectivity index (χ3n) is 2.99. The average Bonchev–Trinajstić information content (AvgIpc) is 2.93. The Kier molecular flexibility index (Phi) is 5.05. The van der Waals surface area contributed by atoms with Crippen molar-refractivity contribution in [2.75, 3.05) is 5.32 Å². The van der Waals surface area contributed by atoms with Crippen LogP contribution in [0.1, 0.15) is 22.5 Å². The van der Waals surface area contributed by atoms with Crippen molar-refractivity contribution in [1.82, 2.24) is 9.55 Å². The molecular weight excluding hydrogens is 335 g/mol. The number of nitrogens with one attached hydrogen (secondary N) is 1. The molecule has 5 nitrogen and oxygen atoms in total. The van der Waals surface area contributed by atoms with Crippen LogP contribution >= 0.6 is 11.6 Å². The predicted molar refractivity (Wildman–Crippen MR) is 77.3 cm³/mol. The second-order valence-electron chi connectivity index (χ2n) is 4.59. The lowest BCUT2D eigenvalue weighted by molar-refractivity contribution is -0.137. The standard InChI is InChI=1S/C14H11ClF3N3O2/c15-11-6-9(14(16,17)18)7-19-13(11)20-12(23)3-5-21-4-1-2-10(21)8-22/h1-2,4,6-8H,3,5H2,(H,19,20,23). The lowest BCUT2D eigenvalue weighted by Gasteiger charge is -2.10. The zero-order valence-electron chi connectivity index (χ0n) is 11.6. The minimum Gasteiger partial charge on any atom is -0.345 e. The van der Waals surface area contributed by atoms with Gasteiger partial charge in [-0.2, -0.15) is 13.2 Å². The number of nitrogens with zero attached hydrogens (tertiary/aromatic N) is 2. The second kappa shape index (κ2) is 6.82. The van der Waals surface area contributed by atoms with Gasteiger partial charge in [0, 0.05) is 25.4 Å². The molecule has 0 saturated heterocycles. The summed E-state index contributed by atoms with van der Waals surface area (Å²) in [6, 6.07) is 3.95. The topological polar surface area (TPSA) is 64.0 Å². The summed E-state index contributed by atoms with van der Waals surface area (Å²) >= 11 is 5.70. The number of halogens is 4. The molecule has 122 valence electrons. The lowest BCUT2D eigenvalue weighted by atomic mass is 10.2. The van der Waals surface area contributed by atoms with Gasteiger partial charge in [0.1, 0.15) is 0 Å². The van der Waals surface area contributed by atoms with Crippen LogP contribution in [-0.2, 0) is 17.5 Å². The van der Waals surface area contributed by atoms with Crippen LogP contribution < -0.4 is 5.32 Å². The number of aldehydes is 1. The third kappa shape index (κ3) is 4.32. The molecule has 2 aromatic rings. The molecule has 2 rings (SSSR count). The first-order valence-electron chi connectivity index (χ1n) is 6.44. The molecule has 0 fully saturated rings. The summed E-state index contributed by atoms with van der Waals surface area (Å²) in [5.41, 5.74) is -0.577. The minimum absolute atomic E-state index is 0.00848. The predicted octanol–water partition coefficient (Wildman–Crippen LogP) is 3.40. The van der Waals surface area contributed by atoms with Crippen molar-refractivity contribution >= 4 is 29.6 Å². The molecule has 0 saturated carbocycles. The van der Waals surface area contributed by atoms with Crippen LogP contribution in [0.15, 0.2) is 30.6 Å².